The van der Waals surface area contributed by atoms with Gasteiger partial charge >= 0.3 is 18.1 Å². The van der Waals surface area contributed by atoms with Crippen LogP contribution in [0.5, 0.6) is 0 Å². The molecule has 0 N–H and O–H groups in total. The molecular formula is C10H14BrF3O4. The molecule has 0 aromatic carbocycles. The summed E-state index contributed by atoms with van der Waals surface area (Å²) in [7, 11) is 0. The highest BCUT2D eigenvalue weighted by Gasteiger charge is 2.42. The molecule has 1 atom stereocenters. The number of rotatable bonds is 4. The number of carbonyl (C=O) groups is 2. The molecule has 18 heavy (non-hydrogen) atoms. The van der Waals surface area contributed by atoms with Gasteiger partial charge < -0.3 is 9.47 Å². The van der Waals surface area contributed by atoms with Crippen molar-refractivity contribution < 1.29 is 32.2 Å². The van der Waals surface area contributed by atoms with Crippen molar-refractivity contribution in [3.05, 3.63) is 0 Å². The molecule has 0 aliphatic rings. The minimum absolute atomic E-state index is 0.0892. The molecule has 1 unspecified atom stereocenters. The number of halogens is 4. The van der Waals surface area contributed by atoms with Crippen molar-refractivity contribution >= 4 is 27.9 Å². The maximum atomic E-state index is 11.9. The number of hydrogen-bond acceptors (Lipinski definition) is 4. The maximum absolute atomic E-state index is 11.9. The van der Waals surface area contributed by atoms with Crippen molar-refractivity contribution in [2.45, 2.75) is 45.1 Å². The number of ether oxygens (including phenoxy) is 2. The van der Waals surface area contributed by atoms with Crippen molar-refractivity contribution in [1.29, 1.82) is 0 Å². The molecule has 8 heteroatoms. The molecule has 106 valence electrons. The van der Waals surface area contributed by atoms with E-state index in [9.17, 15) is 22.8 Å². The van der Waals surface area contributed by atoms with Crippen LogP contribution in [0, 0.1) is 0 Å². The molecule has 0 aromatic heterocycles. The molecule has 0 aromatic rings. The lowest BCUT2D eigenvalue weighted by Crippen LogP contribution is -2.33. The van der Waals surface area contributed by atoms with Gasteiger partial charge in [-0.15, -0.1) is 0 Å². The monoisotopic (exact) mass is 334 g/mol. The Hall–Kier alpha value is -0.790. The highest BCUT2D eigenvalue weighted by Crippen LogP contribution is 2.19. The topological polar surface area (TPSA) is 52.6 Å². The molecule has 0 bridgehead atoms. The minimum Gasteiger partial charge on any atom is -0.460 e. The zero-order valence-corrected chi connectivity index (χ0v) is 11.7. The summed E-state index contributed by atoms with van der Waals surface area (Å²) in [6, 6.07) is 0. The second-order valence-corrected chi connectivity index (χ2v) is 5.12. The fourth-order valence-corrected chi connectivity index (χ4v) is 1.28. The third-order valence-electron chi connectivity index (χ3n) is 1.49. The van der Waals surface area contributed by atoms with Crippen LogP contribution in [0.2, 0.25) is 0 Å². The van der Waals surface area contributed by atoms with Gasteiger partial charge in [-0.3, -0.25) is 4.79 Å². The lowest BCUT2D eigenvalue weighted by Gasteiger charge is -2.21. The van der Waals surface area contributed by atoms with Crippen LogP contribution >= 0.6 is 15.9 Å². The van der Waals surface area contributed by atoms with E-state index >= 15 is 0 Å². The van der Waals surface area contributed by atoms with E-state index in [1.54, 1.807) is 20.8 Å². The van der Waals surface area contributed by atoms with Gasteiger partial charge in [0.2, 0.25) is 0 Å². The van der Waals surface area contributed by atoms with Gasteiger partial charge in [-0.2, -0.15) is 13.2 Å². The molecule has 0 radical (unpaired) electrons. The quantitative estimate of drug-likeness (QED) is 0.585. The van der Waals surface area contributed by atoms with Gasteiger partial charge in [-0.05, 0) is 20.8 Å². The van der Waals surface area contributed by atoms with Crippen LogP contribution in [-0.2, 0) is 19.1 Å². The van der Waals surface area contributed by atoms with Crippen molar-refractivity contribution in [2.75, 3.05) is 5.33 Å². The van der Waals surface area contributed by atoms with E-state index < -0.39 is 36.2 Å². The first-order chi connectivity index (χ1) is 7.95. The standard InChI is InChI=1S/C10H14BrF3O4/c1-9(2,3)18-7(15)4-6(5-11)17-8(16)10(12,13)14/h6H,4-5H2,1-3H3. The summed E-state index contributed by atoms with van der Waals surface area (Å²) in [6.07, 6.45) is -6.73. The zero-order chi connectivity index (χ0) is 14.6. The average molecular weight is 335 g/mol. The second-order valence-electron chi connectivity index (χ2n) is 4.47. The van der Waals surface area contributed by atoms with E-state index in [0.717, 1.165) is 0 Å². The summed E-state index contributed by atoms with van der Waals surface area (Å²) >= 11 is 2.87. The summed E-state index contributed by atoms with van der Waals surface area (Å²) in [5.74, 6) is -3.06. The second kappa shape index (κ2) is 6.40. The van der Waals surface area contributed by atoms with Crippen LogP contribution in [0.15, 0.2) is 0 Å². The van der Waals surface area contributed by atoms with E-state index in [1.165, 1.54) is 0 Å². The Bertz CT molecular complexity index is 309. The highest BCUT2D eigenvalue weighted by atomic mass is 79.9. The largest absolute Gasteiger partial charge is 0.490 e. The molecule has 0 rings (SSSR count). The Kier molecular flexibility index (Phi) is 6.12. The van der Waals surface area contributed by atoms with Crippen molar-refractivity contribution in [3.63, 3.8) is 0 Å². The van der Waals surface area contributed by atoms with Crippen LogP contribution in [0.25, 0.3) is 0 Å². The zero-order valence-electron chi connectivity index (χ0n) is 10.1. The van der Waals surface area contributed by atoms with Crippen molar-refractivity contribution in [1.82, 2.24) is 0 Å². The summed E-state index contributed by atoms with van der Waals surface area (Å²) in [6.45, 7) is 4.86. The summed E-state index contributed by atoms with van der Waals surface area (Å²) in [5, 5.41) is -0.0892. The molecule has 4 nitrogen and oxygen atoms in total. The molecule has 0 spiro atoms. The highest BCUT2D eigenvalue weighted by molar-refractivity contribution is 9.09. The predicted molar refractivity (Wildman–Crippen MR) is 60.2 cm³/mol. The fourth-order valence-electron chi connectivity index (χ4n) is 0.915. The molecule has 0 fully saturated rings. The van der Waals surface area contributed by atoms with E-state index in [2.05, 4.69) is 20.7 Å². The van der Waals surface area contributed by atoms with Gasteiger partial charge in [0, 0.05) is 5.33 Å². The van der Waals surface area contributed by atoms with E-state index in [4.69, 9.17) is 4.74 Å². The smallest absolute Gasteiger partial charge is 0.460 e. The number of hydrogen-bond donors (Lipinski definition) is 0. The fraction of sp³-hybridized carbons (Fsp3) is 0.800. The van der Waals surface area contributed by atoms with Crippen molar-refractivity contribution in [2.24, 2.45) is 0 Å². The van der Waals surface area contributed by atoms with Crippen LogP contribution in [0.1, 0.15) is 27.2 Å². The summed E-state index contributed by atoms with van der Waals surface area (Å²) in [4.78, 5) is 21.9. The van der Waals surface area contributed by atoms with Gasteiger partial charge in [0.25, 0.3) is 0 Å². The minimum atomic E-state index is -5.08. The number of esters is 2. The third-order valence-corrected chi connectivity index (χ3v) is 2.21. The Balaban J connectivity index is 4.37. The molecule has 0 aliphatic carbocycles. The van der Waals surface area contributed by atoms with Gasteiger partial charge in [0.1, 0.15) is 11.7 Å². The lowest BCUT2D eigenvalue weighted by atomic mass is 10.2. The van der Waals surface area contributed by atoms with E-state index in [1.807, 2.05) is 0 Å². The molecular weight excluding hydrogens is 321 g/mol. The lowest BCUT2D eigenvalue weighted by molar-refractivity contribution is -0.204. The molecule has 0 saturated heterocycles. The Morgan fingerprint density at radius 3 is 2.06 bits per heavy atom. The molecule has 0 aliphatic heterocycles. The third kappa shape index (κ3) is 7.52. The number of carbonyl (C=O) groups excluding carboxylic acids is 2. The van der Waals surface area contributed by atoms with Crippen LogP contribution in [0.3, 0.4) is 0 Å². The van der Waals surface area contributed by atoms with Crippen LogP contribution in [0.4, 0.5) is 13.2 Å². The molecule has 0 amide bonds. The van der Waals surface area contributed by atoms with Crippen LogP contribution < -0.4 is 0 Å². The first-order valence-corrected chi connectivity index (χ1v) is 6.13. The van der Waals surface area contributed by atoms with E-state index in [-0.39, 0.29) is 5.33 Å². The number of alkyl halides is 4. The molecule has 0 heterocycles. The van der Waals surface area contributed by atoms with Gasteiger partial charge in [-0.25, -0.2) is 4.79 Å². The Morgan fingerprint density at radius 1 is 1.22 bits per heavy atom. The first kappa shape index (κ1) is 17.2. The van der Waals surface area contributed by atoms with Crippen molar-refractivity contribution in [3.8, 4) is 0 Å². The van der Waals surface area contributed by atoms with E-state index in [0.29, 0.717) is 0 Å². The van der Waals surface area contributed by atoms with Gasteiger partial charge in [-0.1, -0.05) is 15.9 Å². The average Bonchev–Trinajstić information content (AvgIpc) is 2.11. The summed E-state index contributed by atoms with van der Waals surface area (Å²) < 4.78 is 44.9. The van der Waals surface area contributed by atoms with Gasteiger partial charge in [0.15, 0.2) is 0 Å². The first-order valence-electron chi connectivity index (χ1n) is 5.01. The SMILES string of the molecule is CC(C)(C)OC(=O)CC(CBr)OC(=O)C(F)(F)F. The summed E-state index contributed by atoms with van der Waals surface area (Å²) in [5.41, 5.74) is -0.748. The normalized spacial score (nSPS) is 13.9. The Labute approximate surface area is 111 Å². The van der Waals surface area contributed by atoms with Gasteiger partial charge in [0.05, 0.1) is 6.42 Å². The maximum Gasteiger partial charge on any atom is 0.490 e. The Morgan fingerprint density at radius 2 is 1.72 bits per heavy atom. The predicted octanol–water partition coefficient (Wildman–Crippen LogP) is 2.59. The molecule has 0 saturated carbocycles. The van der Waals surface area contributed by atoms with Crippen LogP contribution in [-0.4, -0.2) is 35.2 Å².